The van der Waals surface area contributed by atoms with Gasteiger partial charge in [-0.2, -0.15) is 0 Å². The lowest BCUT2D eigenvalue weighted by Gasteiger charge is -2.29. The number of benzene rings is 1. The second-order valence-corrected chi connectivity index (χ2v) is 5.67. The number of carbonyl (C=O) groups excluding carboxylic acids is 1. The molecule has 116 valence electrons. The fourth-order valence-corrected chi connectivity index (χ4v) is 2.57. The molecular weight excluding hydrogens is 268 g/mol. The molecule has 1 heterocycles. The summed E-state index contributed by atoms with van der Waals surface area (Å²) < 4.78 is 10.6. The van der Waals surface area contributed by atoms with Crippen molar-refractivity contribution in [1.82, 2.24) is 9.80 Å². The molecule has 21 heavy (non-hydrogen) atoms. The van der Waals surface area contributed by atoms with E-state index in [1.807, 2.05) is 14.1 Å². The molecule has 0 bridgehead atoms. The molecular formula is C16H24N2O3. The van der Waals surface area contributed by atoms with Crippen molar-refractivity contribution in [2.45, 2.75) is 19.9 Å². The zero-order chi connectivity index (χ0) is 15.4. The van der Waals surface area contributed by atoms with Gasteiger partial charge in [-0.15, -0.1) is 0 Å². The first-order valence-corrected chi connectivity index (χ1v) is 7.33. The van der Waals surface area contributed by atoms with Crippen LogP contribution in [0.15, 0.2) is 18.2 Å². The Kier molecular flexibility index (Phi) is 5.20. The average molecular weight is 292 g/mol. The molecule has 0 spiro atoms. The van der Waals surface area contributed by atoms with E-state index in [0.717, 1.165) is 13.1 Å². The van der Waals surface area contributed by atoms with Crippen molar-refractivity contribution >= 4 is 5.78 Å². The number of likely N-dealkylation sites (N-methyl/N-ethyl adjacent to an activating group) is 2. The Bertz CT molecular complexity index is 502. The summed E-state index contributed by atoms with van der Waals surface area (Å²) in [7, 11) is 4.09. The van der Waals surface area contributed by atoms with Gasteiger partial charge < -0.3 is 14.4 Å². The standard InChI is InChI=1S/C16H24N2O3/c1-5-18(12(2)9-17(3)4)10-14(19)13-6-7-15-16(8-13)21-11-20-15/h6-8,12H,5,9-11H2,1-4H3. The third kappa shape index (κ3) is 3.95. The minimum absolute atomic E-state index is 0.112. The molecule has 0 aliphatic carbocycles. The van der Waals surface area contributed by atoms with Crippen molar-refractivity contribution in [1.29, 1.82) is 0 Å². The first-order chi connectivity index (χ1) is 10.0. The van der Waals surface area contributed by atoms with Crippen LogP contribution in [-0.4, -0.2) is 62.1 Å². The van der Waals surface area contributed by atoms with Gasteiger partial charge in [0, 0.05) is 18.2 Å². The van der Waals surface area contributed by atoms with E-state index in [0.29, 0.717) is 29.6 Å². The van der Waals surface area contributed by atoms with Crippen molar-refractivity contribution in [2.75, 3.05) is 40.5 Å². The van der Waals surface area contributed by atoms with Crippen LogP contribution in [0.1, 0.15) is 24.2 Å². The number of ketones is 1. The lowest BCUT2D eigenvalue weighted by molar-refractivity contribution is 0.0888. The van der Waals surface area contributed by atoms with Crippen molar-refractivity contribution in [2.24, 2.45) is 0 Å². The Hall–Kier alpha value is -1.59. The molecule has 0 N–H and O–H groups in total. The second-order valence-electron chi connectivity index (χ2n) is 5.67. The summed E-state index contributed by atoms with van der Waals surface area (Å²) in [6.07, 6.45) is 0. The van der Waals surface area contributed by atoms with E-state index in [2.05, 4.69) is 23.6 Å². The van der Waals surface area contributed by atoms with Crippen LogP contribution in [0.3, 0.4) is 0 Å². The van der Waals surface area contributed by atoms with Gasteiger partial charge in [-0.3, -0.25) is 9.69 Å². The highest BCUT2D eigenvalue weighted by Gasteiger charge is 2.20. The highest BCUT2D eigenvalue weighted by Crippen LogP contribution is 2.32. The van der Waals surface area contributed by atoms with Crippen molar-refractivity contribution < 1.29 is 14.3 Å². The van der Waals surface area contributed by atoms with Crippen LogP contribution in [0.25, 0.3) is 0 Å². The second kappa shape index (κ2) is 6.91. The quantitative estimate of drug-likeness (QED) is 0.718. The number of Topliss-reactive ketones (excluding diaryl/α,β-unsaturated/α-hetero) is 1. The van der Waals surface area contributed by atoms with Gasteiger partial charge in [-0.05, 0) is 45.8 Å². The van der Waals surface area contributed by atoms with Gasteiger partial charge in [0.15, 0.2) is 17.3 Å². The van der Waals surface area contributed by atoms with Gasteiger partial charge in [-0.1, -0.05) is 6.92 Å². The lowest BCUT2D eigenvalue weighted by atomic mass is 10.1. The molecule has 0 fully saturated rings. The molecule has 2 rings (SSSR count). The van der Waals surface area contributed by atoms with Crippen LogP contribution < -0.4 is 9.47 Å². The molecule has 1 aromatic carbocycles. The molecule has 1 unspecified atom stereocenters. The van der Waals surface area contributed by atoms with Gasteiger partial charge in [-0.25, -0.2) is 0 Å². The van der Waals surface area contributed by atoms with Crippen LogP contribution in [0, 0.1) is 0 Å². The summed E-state index contributed by atoms with van der Waals surface area (Å²) >= 11 is 0. The van der Waals surface area contributed by atoms with E-state index in [4.69, 9.17) is 9.47 Å². The Morgan fingerprint density at radius 2 is 2.00 bits per heavy atom. The monoisotopic (exact) mass is 292 g/mol. The van der Waals surface area contributed by atoms with Gasteiger partial charge >= 0.3 is 0 Å². The SMILES string of the molecule is CCN(CC(=O)c1ccc2c(c1)OCO2)C(C)CN(C)C. The van der Waals surface area contributed by atoms with Gasteiger partial charge in [0.25, 0.3) is 0 Å². The lowest BCUT2D eigenvalue weighted by Crippen LogP contribution is -2.42. The summed E-state index contributed by atoms with van der Waals surface area (Å²) in [5.74, 6) is 1.48. The molecule has 1 aliphatic rings. The number of nitrogens with zero attached hydrogens (tertiary/aromatic N) is 2. The van der Waals surface area contributed by atoms with E-state index in [1.54, 1.807) is 18.2 Å². The number of ether oxygens (including phenoxy) is 2. The molecule has 0 radical (unpaired) electrons. The van der Waals surface area contributed by atoms with Gasteiger partial charge in [0.2, 0.25) is 6.79 Å². The first-order valence-electron chi connectivity index (χ1n) is 7.33. The van der Waals surface area contributed by atoms with Crippen LogP contribution >= 0.6 is 0 Å². The van der Waals surface area contributed by atoms with E-state index in [9.17, 15) is 4.79 Å². The fourth-order valence-electron chi connectivity index (χ4n) is 2.57. The van der Waals surface area contributed by atoms with E-state index < -0.39 is 0 Å². The zero-order valence-corrected chi connectivity index (χ0v) is 13.3. The summed E-state index contributed by atoms with van der Waals surface area (Å²) in [5.41, 5.74) is 0.676. The number of hydrogen-bond acceptors (Lipinski definition) is 5. The highest BCUT2D eigenvalue weighted by atomic mass is 16.7. The maximum atomic E-state index is 12.5. The average Bonchev–Trinajstić information content (AvgIpc) is 2.90. The predicted octanol–water partition coefficient (Wildman–Crippen LogP) is 1.87. The number of hydrogen-bond donors (Lipinski definition) is 0. The maximum Gasteiger partial charge on any atom is 0.231 e. The summed E-state index contributed by atoms with van der Waals surface area (Å²) in [5, 5.41) is 0. The minimum Gasteiger partial charge on any atom is -0.454 e. The first kappa shape index (κ1) is 15.8. The molecule has 5 nitrogen and oxygen atoms in total. The number of rotatable bonds is 7. The van der Waals surface area contributed by atoms with Gasteiger partial charge in [0.1, 0.15) is 0 Å². The molecule has 0 aromatic heterocycles. The van der Waals surface area contributed by atoms with Crippen LogP contribution in [-0.2, 0) is 0 Å². The van der Waals surface area contributed by atoms with Crippen LogP contribution in [0.5, 0.6) is 11.5 Å². The molecule has 1 atom stereocenters. The van der Waals surface area contributed by atoms with E-state index >= 15 is 0 Å². The largest absolute Gasteiger partial charge is 0.454 e. The minimum atomic E-state index is 0.112. The Labute approximate surface area is 126 Å². The van der Waals surface area contributed by atoms with Crippen LogP contribution in [0.2, 0.25) is 0 Å². The number of carbonyl (C=O) groups is 1. The predicted molar refractivity (Wildman–Crippen MR) is 82.2 cm³/mol. The third-order valence-corrected chi connectivity index (χ3v) is 3.70. The van der Waals surface area contributed by atoms with Crippen molar-refractivity contribution in [3.8, 4) is 11.5 Å². The summed E-state index contributed by atoms with van der Waals surface area (Å²) in [4.78, 5) is 16.8. The van der Waals surface area contributed by atoms with Crippen molar-refractivity contribution in [3.05, 3.63) is 23.8 Å². The topological polar surface area (TPSA) is 42.0 Å². The third-order valence-electron chi connectivity index (χ3n) is 3.70. The molecule has 1 aromatic rings. The van der Waals surface area contributed by atoms with Crippen molar-refractivity contribution in [3.63, 3.8) is 0 Å². The smallest absolute Gasteiger partial charge is 0.231 e. The molecule has 0 amide bonds. The van der Waals surface area contributed by atoms with Gasteiger partial charge in [0.05, 0.1) is 6.54 Å². The Morgan fingerprint density at radius 1 is 1.29 bits per heavy atom. The maximum absolute atomic E-state index is 12.5. The molecule has 0 saturated carbocycles. The normalized spacial score (nSPS) is 14.8. The molecule has 1 aliphatic heterocycles. The zero-order valence-electron chi connectivity index (χ0n) is 13.3. The van der Waals surface area contributed by atoms with Crippen LogP contribution in [0.4, 0.5) is 0 Å². The molecule has 0 saturated heterocycles. The Balaban J connectivity index is 2.02. The summed E-state index contributed by atoms with van der Waals surface area (Å²) in [6, 6.07) is 5.72. The Morgan fingerprint density at radius 3 is 2.67 bits per heavy atom. The fraction of sp³-hybridized carbons (Fsp3) is 0.562. The highest BCUT2D eigenvalue weighted by molar-refractivity contribution is 5.98. The summed E-state index contributed by atoms with van der Waals surface area (Å²) in [6.45, 7) is 6.67. The van der Waals surface area contributed by atoms with E-state index in [1.165, 1.54) is 0 Å². The molecule has 5 heteroatoms. The van der Waals surface area contributed by atoms with E-state index in [-0.39, 0.29) is 12.6 Å². The number of fused-ring (bicyclic) bond motifs is 1.